The fourth-order valence-electron chi connectivity index (χ4n) is 2.91. The van der Waals surface area contributed by atoms with Crippen LogP contribution in [-0.4, -0.2) is 26.7 Å². The molecule has 150 valence electrons. The van der Waals surface area contributed by atoms with Crippen molar-refractivity contribution in [2.45, 2.75) is 6.42 Å². The standard InChI is InChI=1S/C23H22ClNO4/c1-27-21-9-4-3-6-16(21)12-13-29-19-8-5-7-18(15-19)25-23(26)20-14-17(24)10-11-22(20)28-2/h3-11,14-15H,12-13H2,1-2H3,(H,25,26). The van der Waals surface area contributed by atoms with Gasteiger partial charge in [0.15, 0.2) is 0 Å². The summed E-state index contributed by atoms with van der Waals surface area (Å²) in [6, 6.07) is 20.0. The van der Waals surface area contributed by atoms with Gasteiger partial charge in [-0.1, -0.05) is 35.9 Å². The molecule has 0 spiro atoms. The number of halogens is 1. The van der Waals surface area contributed by atoms with E-state index in [0.717, 1.165) is 11.3 Å². The summed E-state index contributed by atoms with van der Waals surface area (Å²) in [5, 5.41) is 3.31. The Bertz CT molecular complexity index is 990. The average molecular weight is 412 g/mol. The van der Waals surface area contributed by atoms with Crippen LogP contribution in [0.3, 0.4) is 0 Å². The Morgan fingerprint density at radius 2 is 1.72 bits per heavy atom. The van der Waals surface area contributed by atoms with Crippen molar-refractivity contribution in [3.8, 4) is 17.2 Å². The maximum absolute atomic E-state index is 12.6. The van der Waals surface area contributed by atoms with Crippen molar-refractivity contribution in [2.24, 2.45) is 0 Å². The monoisotopic (exact) mass is 411 g/mol. The maximum atomic E-state index is 12.6. The highest BCUT2D eigenvalue weighted by Crippen LogP contribution is 2.25. The molecule has 3 rings (SSSR count). The zero-order valence-electron chi connectivity index (χ0n) is 16.3. The predicted molar refractivity (Wildman–Crippen MR) is 115 cm³/mol. The number of carbonyl (C=O) groups excluding carboxylic acids is 1. The molecule has 0 aliphatic carbocycles. The molecule has 3 aromatic carbocycles. The molecule has 0 aromatic heterocycles. The van der Waals surface area contributed by atoms with Gasteiger partial charge in [-0.15, -0.1) is 0 Å². The van der Waals surface area contributed by atoms with E-state index in [-0.39, 0.29) is 5.91 Å². The van der Waals surface area contributed by atoms with E-state index in [1.54, 1.807) is 37.4 Å². The van der Waals surface area contributed by atoms with Crippen LogP contribution in [0.15, 0.2) is 66.7 Å². The van der Waals surface area contributed by atoms with Crippen molar-refractivity contribution in [1.82, 2.24) is 0 Å². The lowest BCUT2D eigenvalue weighted by Crippen LogP contribution is -2.13. The van der Waals surface area contributed by atoms with Gasteiger partial charge in [-0.05, 0) is 42.0 Å². The van der Waals surface area contributed by atoms with Crippen LogP contribution in [0.25, 0.3) is 0 Å². The van der Waals surface area contributed by atoms with Crippen LogP contribution in [0.5, 0.6) is 17.2 Å². The summed E-state index contributed by atoms with van der Waals surface area (Å²) in [5.41, 5.74) is 2.06. The number of carbonyl (C=O) groups is 1. The van der Waals surface area contributed by atoms with Crippen LogP contribution in [0.2, 0.25) is 5.02 Å². The highest BCUT2D eigenvalue weighted by atomic mass is 35.5. The molecule has 0 saturated heterocycles. The number of ether oxygens (including phenoxy) is 3. The second-order valence-corrected chi connectivity index (χ2v) is 6.67. The van der Waals surface area contributed by atoms with Gasteiger partial charge < -0.3 is 19.5 Å². The van der Waals surface area contributed by atoms with Crippen molar-refractivity contribution < 1.29 is 19.0 Å². The highest BCUT2D eigenvalue weighted by molar-refractivity contribution is 6.31. The lowest BCUT2D eigenvalue weighted by molar-refractivity contribution is 0.102. The Morgan fingerprint density at radius 3 is 2.52 bits per heavy atom. The first-order valence-corrected chi connectivity index (χ1v) is 9.48. The summed E-state index contributed by atoms with van der Waals surface area (Å²) in [5.74, 6) is 1.65. The molecule has 0 unspecified atom stereocenters. The van der Waals surface area contributed by atoms with Gasteiger partial charge in [0.05, 0.1) is 26.4 Å². The minimum absolute atomic E-state index is 0.310. The summed E-state index contributed by atoms with van der Waals surface area (Å²) in [6.45, 7) is 0.486. The predicted octanol–water partition coefficient (Wildman–Crippen LogP) is 5.23. The van der Waals surface area contributed by atoms with Crippen LogP contribution < -0.4 is 19.5 Å². The molecule has 0 radical (unpaired) electrons. The molecule has 3 aromatic rings. The van der Waals surface area contributed by atoms with E-state index in [2.05, 4.69) is 5.32 Å². The summed E-state index contributed by atoms with van der Waals surface area (Å²) < 4.78 is 16.4. The molecule has 0 fully saturated rings. The van der Waals surface area contributed by atoms with Gasteiger partial charge in [-0.25, -0.2) is 0 Å². The van der Waals surface area contributed by atoms with Gasteiger partial charge in [-0.3, -0.25) is 4.79 Å². The van der Waals surface area contributed by atoms with E-state index >= 15 is 0 Å². The molecular weight excluding hydrogens is 390 g/mol. The quantitative estimate of drug-likeness (QED) is 0.551. The molecule has 0 saturated carbocycles. The molecule has 29 heavy (non-hydrogen) atoms. The topological polar surface area (TPSA) is 56.8 Å². The molecule has 0 aliphatic heterocycles. The lowest BCUT2D eigenvalue weighted by atomic mass is 10.1. The Kier molecular flexibility index (Phi) is 6.98. The van der Waals surface area contributed by atoms with Crippen LogP contribution in [0, 0.1) is 0 Å². The van der Waals surface area contributed by atoms with Gasteiger partial charge >= 0.3 is 0 Å². The van der Waals surface area contributed by atoms with E-state index in [9.17, 15) is 4.79 Å². The van der Waals surface area contributed by atoms with Gasteiger partial charge in [0.2, 0.25) is 0 Å². The number of para-hydroxylation sites is 1. The molecule has 0 bridgehead atoms. The molecule has 0 heterocycles. The van der Waals surface area contributed by atoms with E-state index in [4.69, 9.17) is 25.8 Å². The third-order valence-electron chi connectivity index (χ3n) is 4.33. The van der Waals surface area contributed by atoms with Crippen molar-refractivity contribution in [3.63, 3.8) is 0 Å². The van der Waals surface area contributed by atoms with Crippen LogP contribution in [0.4, 0.5) is 5.69 Å². The summed E-state index contributed by atoms with van der Waals surface area (Å²) >= 11 is 6.01. The van der Waals surface area contributed by atoms with Gasteiger partial charge in [0.1, 0.15) is 17.2 Å². The first kappa shape index (κ1) is 20.6. The number of hydrogen-bond donors (Lipinski definition) is 1. The SMILES string of the molecule is COc1ccccc1CCOc1cccc(NC(=O)c2cc(Cl)ccc2OC)c1. The van der Waals surface area contributed by atoms with Crippen molar-refractivity contribution >= 4 is 23.2 Å². The molecule has 0 atom stereocenters. The highest BCUT2D eigenvalue weighted by Gasteiger charge is 2.13. The molecular formula is C23H22ClNO4. The van der Waals surface area contributed by atoms with E-state index in [1.165, 1.54) is 7.11 Å². The largest absolute Gasteiger partial charge is 0.496 e. The molecule has 1 N–H and O–H groups in total. The third-order valence-corrected chi connectivity index (χ3v) is 4.57. The van der Waals surface area contributed by atoms with E-state index in [0.29, 0.717) is 40.8 Å². The van der Waals surface area contributed by atoms with E-state index < -0.39 is 0 Å². The number of benzene rings is 3. The van der Waals surface area contributed by atoms with E-state index in [1.807, 2.05) is 36.4 Å². The first-order chi connectivity index (χ1) is 14.1. The van der Waals surface area contributed by atoms with Crippen LogP contribution in [-0.2, 0) is 6.42 Å². The summed E-state index contributed by atoms with van der Waals surface area (Å²) in [7, 11) is 3.16. The van der Waals surface area contributed by atoms with Crippen molar-refractivity contribution in [3.05, 3.63) is 82.9 Å². The number of methoxy groups -OCH3 is 2. The normalized spacial score (nSPS) is 10.3. The summed E-state index contributed by atoms with van der Waals surface area (Å²) in [4.78, 5) is 12.6. The number of rotatable bonds is 8. The Morgan fingerprint density at radius 1 is 0.931 bits per heavy atom. The fourth-order valence-corrected chi connectivity index (χ4v) is 3.08. The second kappa shape index (κ2) is 9.85. The number of nitrogens with one attached hydrogen (secondary N) is 1. The van der Waals surface area contributed by atoms with Gasteiger partial charge in [-0.2, -0.15) is 0 Å². The second-order valence-electron chi connectivity index (χ2n) is 6.24. The Hall–Kier alpha value is -3.18. The molecule has 0 aliphatic rings. The molecule has 1 amide bonds. The molecule has 6 heteroatoms. The number of hydrogen-bond acceptors (Lipinski definition) is 4. The maximum Gasteiger partial charge on any atom is 0.259 e. The Labute approximate surface area is 175 Å². The molecule has 5 nitrogen and oxygen atoms in total. The Balaban J connectivity index is 1.64. The minimum Gasteiger partial charge on any atom is -0.496 e. The summed E-state index contributed by atoms with van der Waals surface area (Å²) in [6.07, 6.45) is 0.709. The van der Waals surface area contributed by atoms with Gasteiger partial charge in [0, 0.05) is 23.2 Å². The minimum atomic E-state index is -0.310. The number of anilines is 1. The third kappa shape index (κ3) is 5.42. The number of amides is 1. The first-order valence-electron chi connectivity index (χ1n) is 9.10. The van der Waals surface area contributed by atoms with Crippen molar-refractivity contribution in [2.75, 3.05) is 26.1 Å². The smallest absolute Gasteiger partial charge is 0.259 e. The van der Waals surface area contributed by atoms with Crippen LogP contribution in [0.1, 0.15) is 15.9 Å². The van der Waals surface area contributed by atoms with Crippen LogP contribution >= 0.6 is 11.6 Å². The lowest BCUT2D eigenvalue weighted by Gasteiger charge is -2.12. The zero-order valence-corrected chi connectivity index (χ0v) is 17.0. The fraction of sp³-hybridized carbons (Fsp3) is 0.174. The average Bonchev–Trinajstić information content (AvgIpc) is 2.74. The zero-order chi connectivity index (χ0) is 20.6. The van der Waals surface area contributed by atoms with Gasteiger partial charge in [0.25, 0.3) is 5.91 Å². The van der Waals surface area contributed by atoms with Crippen molar-refractivity contribution in [1.29, 1.82) is 0 Å².